The fourth-order valence-electron chi connectivity index (χ4n) is 1.58. The smallest absolute Gasteiger partial charge is 0.332 e. The van der Waals surface area contributed by atoms with Crippen LogP contribution in [0, 0.1) is 17.0 Å². The van der Waals surface area contributed by atoms with Gasteiger partial charge in [0, 0.05) is 0 Å². The third kappa shape index (κ3) is 3.47. The lowest BCUT2D eigenvalue weighted by molar-refractivity contribution is -0.385. The summed E-state index contributed by atoms with van der Waals surface area (Å²) < 4.78 is 0. The number of anilines is 2. The van der Waals surface area contributed by atoms with Gasteiger partial charge in [0.15, 0.2) is 0 Å². The summed E-state index contributed by atoms with van der Waals surface area (Å²) in [6.07, 6.45) is 0. The molecule has 0 bridgehead atoms. The molecule has 10 heteroatoms. The highest BCUT2D eigenvalue weighted by Gasteiger charge is 2.22. The molecule has 0 unspecified atom stereocenters. The summed E-state index contributed by atoms with van der Waals surface area (Å²) in [5.41, 5.74) is 0.128. The van der Waals surface area contributed by atoms with E-state index >= 15 is 0 Å². The van der Waals surface area contributed by atoms with Gasteiger partial charge in [-0.25, -0.2) is 4.98 Å². The summed E-state index contributed by atoms with van der Waals surface area (Å²) in [6.45, 7) is 1.45. The second-order valence-electron chi connectivity index (χ2n) is 3.90. The zero-order valence-electron chi connectivity index (χ0n) is 10.3. The molecule has 1 aromatic carbocycles. The van der Waals surface area contributed by atoms with Crippen molar-refractivity contribution >= 4 is 63.6 Å². The number of aromatic nitrogens is 2. The molecule has 1 N–H and O–H groups in total. The van der Waals surface area contributed by atoms with Gasteiger partial charge in [-0.2, -0.15) is 4.98 Å². The van der Waals surface area contributed by atoms with Gasteiger partial charge in [0.05, 0.1) is 25.7 Å². The lowest BCUT2D eigenvalue weighted by Crippen LogP contribution is -2.04. The van der Waals surface area contributed by atoms with Crippen molar-refractivity contribution < 1.29 is 4.92 Å². The van der Waals surface area contributed by atoms with E-state index in [0.717, 1.165) is 0 Å². The fraction of sp³-hybridized carbons (Fsp3) is 0.0909. The molecule has 0 aliphatic rings. The SMILES string of the molecule is Cc1nc(Cl)nc(Nc2cc(Cl)c(Cl)cc2Cl)c1[N+](=O)[O-]. The molecule has 2 rings (SSSR count). The monoisotopic (exact) mass is 366 g/mol. The third-order valence-electron chi connectivity index (χ3n) is 2.48. The molecule has 0 spiro atoms. The number of hydrogen-bond donors (Lipinski definition) is 1. The van der Waals surface area contributed by atoms with Crippen molar-refractivity contribution in [2.75, 3.05) is 5.32 Å². The van der Waals surface area contributed by atoms with Gasteiger partial charge in [-0.1, -0.05) is 34.8 Å². The van der Waals surface area contributed by atoms with Crippen LogP contribution in [0.3, 0.4) is 0 Å². The van der Waals surface area contributed by atoms with Crippen LogP contribution in [0.5, 0.6) is 0 Å². The number of nitrogens with one attached hydrogen (secondary N) is 1. The summed E-state index contributed by atoms with van der Waals surface area (Å²) in [5, 5.41) is 14.4. The van der Waals surface area contributed by atoms with E-state index in [-0.39, 0.29) is 37.6 Å². The largest absolute Gasteiger partial charge is 0.333 e. The molecular formula is C11H6Cl4N4O2. The first-order chi connectivity index (χ1) is 9.79. The maximum absolute atomic E-state index is 11.1. The highest BCUT2D eigenvalue weighted by molar-refractivity contribution is 6.44. The fourth-order valence-corrected chi connectivity index (χ4v) is 2.39. The Morgan fingerprint density at radius 3 is 2.33 bits per heavy atom. The van der Waals surface area contributed by atoms with Gasteiger partial charge < -0.3 is 5.32 Å². The van der Waals surface area contributed by atoms with Crippen LogP contribution in [0.25, 0.3) is 0 Å². The molecule has 2 aromatic rings. The third-order valence-corrected chi connectivity index (χ3v) is 3.68. The summed E-state index contributed by atoms with van der Waals surface area (Å²) in [4.78, 5) is 18.1. The molecule has 0 saturated carbocycles. The number of nitro groups is 1. The molecule has 1 heterocycles. The highest BCUT2D eigenvalue weighted by Crippen LogP contribution is 2.36. The van der Waals surface area contributed by atoms with Crippen LogP contribution in [-0.4, -0.2) is 14.9 Å². The minimum Gasteiger partial charge on any atom is -0.333 e. The maximum atomic E-state index is 11.1. The van der Waals surface area contributed by atoms with Crippen LogP contribution in [-0.2, 0) is 0 Å². The van der Waals surface area contributed by atoms with E-state index < -0.39 is 4.92 Å². The van der Waals surface area contributed by atoms with Crippen molar-refractivity contribution in [2.45, 2.75) is 6.92 Å². The molecular weight excluding hydrogens is 362 g/mol. The van der Waals surface area contributed by atoms with Gasteiger partial charge in [-0.05, 0) is 30.7 Å². The maximum Gasteiger partial charge on any atom is 0.332 e. The van der Waals surface area contributed by atoms with Crippen LogP contribution >= 0.6 is 46.4 Å². The van der Waals surface area contributed by atoms with Crippen LogP contribution in [0.1, 0.15) is 5.69 Å². The van der Waals surface area contributed by atoms with Crippen LogP contribution in [0.15, 0.2) is 12.1 Å². The van der Waals surface area contributed by atoms with E-state index in [1.807, 2.05) is 0 Å². The minimum absolute atomic E-state index is 0.0854. The van der Waals surface area contributed by atoms with Gasteiger partial charge in [0.25, 0.3) is 0 Å². The Morgan fingerprint density at radius 2 is 1.71 bits per heavy atom. The molecule has 0 atom stereocenters. The van der Waals surface area contributed by atoms with Crippen LogP contribution in [0.4, 0.5) is 17.2 Å². The Hall–Kier alpha value is -1.34. The second-order valence-corrected chi connectivity index (χ2v) is 5.46. The van der Waals surface area contributed by atoms with Gasteiger partial charge in [-0.15, -0.1) is 0 Å². The Balaban J connectivity index is 2.54. The molecule has 0 radical (unpaired) electrons. The van der Waals surface area contributed by atoms with E-state index in [2.05, 4.69) is 15.3 Å². The van der Waals surface area contributed by atoms with Crippen molar-refractivity contribution in [3.05, 3.63) is 48.3 Å². The zero-order valence-corrected chi connectivity index (χ0v) is 13.3. The number of aryl methyl sites for hydroxylation is 1. The summed E-state index contributed by atoms with van der Waals surface area (Å²) >= 11 is 23.5. The molecule has 0 amide bonds. The number of halogens is 4. The molecule has 6 nitrogen and oxygen atoms in total. The number of nitrogens with zero attached hydrogens (tertiary/aromatic N) is 3. The van der Waals surface area contributed by atoms with Crippen molar-refractivity contribution in [3.8, 4) is 0 Å². The lowest BCUT2D eigenvalue weighted by atomic mass is 10.3. The predicted octanol–water partition coefficient (Wildman–Crippen LogP) is 5.05. The molecule has 110 valence electrons. The first-order valence-corrected chi connectivity index (χ1v) is 6.91. The number of hydrogen-bond acceptors (Lipinski definition) is 5. The van der Waals surface area contributed by atoms with Crippen molar-refractivity contribution in [2.24, 2.45) is 0 Å². The minimum atomic E-state index is -0.612. The first kappa shape index (κ1) is 16.0. The van der Waals surface area contributed by atoms with Crippen LogP contribution < -0.4 is 5.32 Å². The number of benzene rings is 1. The van der Waals surface area contributed by atoms with E-state index in [1.165, 1.54) is 19.1 Å². The topological polar surface area (TPSA) is 81.0 Å². The van der Waals surface area contributed by atoms with Crippen molar-refractivity contribution in [1.82, 2.24) is 9.97 Å². The molecule has 0 aliphatic heterocycles. The lowest BCUT2D eigenvalue weighted by Gasteiger charge is -2.10. The van der Waals surface area contributed by atoms with E-state index in [4.69, 9.17) is 46.4 Å². The predicted molar refractivity (Wildman–Crippen MR) is 83.2 cm³/mol. The van der Waals surface area contributed by atoms with Gasteiger partial charge in [0.2, 0.25) is 11.1 Å². The first-order valence-electron chi connectivity index (χ1n) is 5.39. The Labute approximate surface area is 139 Å². The zero-order chi connectivity index (χ0) is 15.7. The van der Waals surface area contributed by atoms with E-state index in [9.17, 15) is 10.1 Å². The van der Waals surface area contributed by atoms with Gasteiger partial charge >= 0.3 is 5.69 Å². The van der Waals surface area contributed by atoms with E-state index in [0.29, 0.717) is 5.69 Å². The van der Waals surface area contributed by atoms with E-state index in [1.54, 1.807) is 0 Å². The van der Waals surface area contributed by atoms with Gasteiger partial charge in [0.1, 0.15) is 5.69 Å². The molecule has 0 aliphatic carbocycles. The molecule has 0 saturated heterocycles. The second kappa shape index (κ2) is 6.19. The Bertz CT molecular complexity index is 739. The van der Waals surface area contributed by atoms with Gasteiger partial charge in [-0.3, -0.25) is 10.1 Å². The average molecular weight is 368 g/mol. The highest BCUT2D eigenvalue weighted by atomic mass is 35.5. The summed E-state index contributed by atoms with van der Waals surface area (Å²) in [7, 11) is 0. The molecule has 1 aromatic heterocycles. The normalized spacial score (nSPS) is 10.5. The summed E-state index contributed by atoms with van der Waals surface area (Å²) in [6, 6.07) is 2.84. The standard InChI is InChI=1S/C11H6Cl4N4O2/c1-4-9(19(20)21)10(18-11(15)16-4)17-8-3-6(13)5(12)2-7(8)14/h2-3H,1H3,(H,16,17,18). The molecule has 21 heavy (non-hydrogen) atoms. The Kier molecular flexibility index (Phi) is 4.73. The number of rotatable bonds is 3. The quantitative estimate of drug-likeness (QED) is 0.355. The van der Waals surface area contributed by atoms with Crippen molar-refractivity contribution in [3.63, 3.8) is 0 Å². The average Bonchev–Trinajstić information content (AvgIpc) is 2.34. The molecule has 0 fully saturated rings. The Morgan fingerprint density at radius 1 is 1.10 bits per heavy atom. The van der Waals surface area contributed by atoms with Crippen LogP contribution in [0.2, 0.25) is 20.4 Å². The van der Waals surface area contributed by atoms with Crippen molar-refractivity contribution in [1.29, 1.82) is 0 Å². The summed E-state index contributed by atoms with van der Waals surface area (Å²) in [5.74, 6) is -0.0854.